The number of aryl methyl sites for hydroxylation is 1. The highest BCUT2D eigenvalue weighted by Gasteiger charge is 2.25. The number of hydrogen-bond acceptors (Lipinski definition) is 5. The summed E-state index contributed by atoms with van der Waals surface area (Å²) < 4.78 is 7.40. The van der Waals surface area contributed by atoms with Crippen molar-refractivity contribution in [1.82, 2.24) is 19.7 Å². The molecule has 0 spiro atoms. The van der Waals surface area contributed by atoms with Gasteiger partial charge in [0.1, 0.15) is 0 Å². The predicted molar refractivity (Wildman–Crippen MR) is 74.1 cm³/mol. The van der Waals surface area contributed by atoms with Crippen molar-refractivity contribution in [2.45, 2.75) is 26.1 Å². The maximum atomic E-state index is 5.31. The Labute approximate surface area is 116 Å². The molecule has 5 nitrogen and oxygen atoms in total. The average molecular weight is 278 g/mol. The van der Waals surface area contributed by atoms with Crippen LogP contribution in [0.3, 0.4) is 0 Å². The molecule has 2 aromatic heterocycles. The Hall–Kier alpha value is -1.24. The third kappa shape index (κ3) is 2.70. The van der Waals surface area contributed by atoms with Gasteiger partial charge in [0.25, 0.3) is 0 Å². The van der Waals surface area contributed by atoms with Gasteiger partial charge >= 0.3 is 0 Å². The van der Waals surface area contributed by atoms with E-state index in [1.54, 1.807) is 18.4 Å². The van der Waals surface area contributed by atoms with Crippen LogP contribution >= 0.6 is 11.3 Å². The second-order valence-electron chi connectivity index (χ2n) is 4.90. The van der Waals surface area contributed by atoms with Gasteiger partial charge < -0.3 is 4.74 Å². The van der Waals surface area contributed by atoms with E-state index in [4.69, 9.17) is 4.74 Å². The fourth-order valence-electron chi connectivity index (χ4n) is 2.61. The minimum atomic E-state index is 0.295. The molecular formula is C13H18N4OS. The van der Waals surface area contributed by atoms with Gasteiger partial charge in [-0.25, -0.2) is 4.98 Å². The zero-order valence-electron chi connectivity index (χ0n) is 11.2. The summed E-state index contributed by atoms with van der Waals surface area (Å²) >= 11 is 1.71. The lowest BCUT2D eigenvalue weighted by molar-refractivity contribution is 0.0902. The SMILES string of the molecule is COCC1CN(Cc2csc(C)n2)Cc2ccnn21. The van der Waals surface area contributed by atoms with Crippen LogP contribution in [0, 0.1) is 6.92 Å². The van der Waals surface area contributed by atoms with E-state index in [9.17, 15) is 0 Å². The molecule has 0 bridgehead atoms. The molecule has 1 aliphatic heterocycles. The number of fused-ring (bicyclic) bond motifs is 1. The van der Waals surface area contributed by atoms with E-state index in [1.165, 1.54) is 5.69 Å². The average Bonchev–Trinajstić information content (AvgIpc) is 2.99. The lowest BCUT2D eigenvalue weighted by atomic mass is 10.2. The third-order valence-electron chi connectivity index (χ3n) is 3.36. The second-order valence-corrected chi connectivity index (χ2v) is 5.97. The molecule has 0 saturated carbocycles. The van der Waals surface area contributed by atoms with Crippen molar-refractivity contribution in [1.29, 1.82) is 0 Å². The smallest absolute Gasteiger partial charge is 0.0897 e. The van der Waals surface area contributed by atoms with Gasteiger partial charge in [-0.2, -0.15) is 5.10 Å². The van der Waals surface area contributed by atoms with Gasteiger partial charge in [-0.3, -0.25) is 9.58 Å². The highest BCUT2D eigenvalue weighted by atomic mass is 32.1. The summed E-state index contributed by atoms with van der Waals surface area (Å²) in [6.07, 6.45) is 1.87. The lowest BCUT2D eigenvalue weighted by Crippen LogP contribution is -2.39. The van der Waals surface area contributed by atoms with Crippen LogP contribution in [0.1, 0.15) is 22.4 Å². The molecule has 0 saturated heterocycles. The van der Waals surface area contributed by atoms with Gasteiger partial charge in [0.2, 0.25) is 0 Å². The van der Waals surface area contributed by atoms with Crippen molar-refractivity contribution in [3.8, 4) is 0 Å². The van der Waals surface area contributed by atoms with E-state index in [1.807, 2.05) is 13.1 Å². The van der Waals surface area contributed by atoms with Gasteiger partial charge in [0, 0.05) is 38.3 Å². The molecular weight excluding hydrogens is 260 g/mol. The molecule has 0 aliphatic carbocycles. The molecule has 0 aromatic carbocycles. The summed E-state index contributed by atoms with van der Waals surface area (Å²) in [4.78, 5) is 6.95. The largest absolute Gasteiger partial charge is 0.382 e. The first-order valence-electron chi connectivity index (χ1n) is 6.41. The van der Waals surface area contributed by atoms with Crippen LogP contribution in [0.5, 0.6) is 0 Å². The van der Waals surface area contributed by atoms with E-state index in [2.05, 4.69) is 31.1 Å². The van der Waals surface area contributed by atoms with Crippen LogP contribution in [0.2, 0.25) is 0 Å². The summed E-state index contributed by atoms with van der Waals surface area (Å²) in [6.45, 7) is 5.53. The zero-order chi connectivity index (χ0) is 13.2. The molecule has 1 unspecified atom stereocenters. The van der Waals surface area contributed by atoms with Crippen LogP contribution in [0.25, 0.3) is 0 Å². The van der Waals surface area contributed by atoms with Gasteiger partial charge in [0.05, 0.1) is 29.0 Å². The number of nitrogens with zero attached hydrogens (tertiary/aromatic N) is 4. The number of aromatic nitrogens is 3. The number of hydrogen-bond donors (Lipinski definition) is 0. The van der Waals surface area contributed by atoms with Crippen molar-refractivity contribution >= 4 is 11.3 Å². The van der Waals surface area contributed by atoms with Crippen molar-refractivity contribution in [3.63, 3.8) is 0 Å². The van der Waals surface area contributed by atoms with Crippen molar-refractivity contribution in [3.05, 3.63) is 34.0 Å². The van der Waals surface area contributed by atoms with Crippen molar-refractivity contribution in [2.24, 2.45) is 0 Å². The molecule has 2 aromatic rings. The standard InChI is InChI=1S/C13H18N4OS/c1-10-15-11(9-19-10)5-16-6-12-3-4-14-17(12)13(7-16)8-18-2/h3-4,9,13H,5-8H2,1-2H3. The Morgan fingerprint density at radius 2 is 2.42 bits per heavy atom. The van der Waals surface area contributed by atoms with Gasteiger partial charge in [-0.05, 0) is 13.0 Å². The van der Waals surface area contributed by atoms with Crippen molar-refractivity contribution in [2.75, 3.05) is 20.3 Å². The first kappa shape index (κ1) is 12.8. The number of methoxy groups -OCH3 is 1. The molecule has 0 fully saturated rings. The quantitative estimate of drug-likeness (QED) is 0.856. The molecule has 0 radical (unpaired) electrons. The molecule has 3 heterocycles. The van der Waals surface area contributed by atoms with E-state index in [-0.39, 0.29) is 0 Å². The molecule has 19 heavy (non-hydrogen) atoms. The molecule has 0 amide bonds. The monoisotopic (exact) mass is 278 g/mol. The Bertz CT molecular complexity index is 550. The summed E-state index contributed by atoms with van der Waals surface area (Å²) in [6, 6.07) is 2.38. The molecule has 102 valence electrons. The topological polar surface area (TPSA) is 43.2 Å². The maximum absolute atomic E-state index is 5.31. The first-order chi connectivity index (χ1) is 9.26. The Morgan fingerprint density at radius 3 is 3.16 bits per heavy atom. The van der Waals surface area contributed by atoms with Crippen LogP contribution < -0.4 is 0 Å². The highest BCUT2D eigenvalue weighted by Crippen LogP contribution is 2.22. The summed E-state index contributed by atoms with van der Waals surface area (Å²) in [5, 5.41) is 7.67. The summed E-state index contributed by atoms with van der Waals surface area (Å²) in [5.41, 5.74) is 2.41. The van der Waals surface area contributed by atoms with Crippen LogP contribution in [-0.2, 0) is 17.8 Å². The predicted octanol–water partition coefficient (Wildman–Crippen LogP) is 1.85. The second kappa shape index (κ2) is 5.40. The van der Waals surface area contributed by atoms with Crippen LogP contribution in [0.4, 0.5) is 0 Å². The zero-order valence-corrected chi connectivity index (χ0v) is 12.1. The molecule has 3 rings (SSSR count). The normalized spacial score (nSPS) is 19.6. The number of thiazole rings is 1. The first-order valence-corrected chi connectivity index (χ1v) is 7.29. The van der Waals surface area contributed by atoms with Crippen LogP contribution in [-0.4, -0.2) is 39.9 Å². The molecule has 1 aliphatic rings. The molecule has 0 N–H and O–H groups in total. The van der Waals surface area contributed by atoms with Crippen LogP contribution in [0.15, 0.2) is 17.6 Å². The van der Waals surface area contributed by atoms with E-state index >= 15 is 0 Å². The van der Waals surface area contributed by atoms with E-state index < -0.39 is 0 Å². The third-order valence-corrected chi connectivity index (χ3v) is 4.19. The number of rotatable bonds is 4. The lowest BCUT2D eigenvalue weighted by Gasteiger charge is -2.33. The maximum Gasteiger partial charge on any atom is 0.0897 e. The summed E-state index contributed by atoms with van der Waals surface area (Å²) in [7, 11) is 1.74. The highest BCUT2D eigenvalue weighted by molar-refractivity contribution is 7.09. The minimum Gasteiger partial charge on any atom is -0.382 e. The minimum absolute atomic E-state index is 0.295. The number of ether oxygens (including phenoxy) is 1. The Kier molecular flexibility index (Phi) is 3.63. The van der Waals surface area contributed by atoms with Gasteiger partial charge in [-0.1, -0.05) is 0 Å². The van der Waals surface area contributed by atoms with Gasteiger partial charge in [-0.15, -0.1) is 11.3 Å². The van der Waals surface area contributed by atoms with Crippen molar-refractivity contribution < 1.29 is 4.74 Å². The van der Waals surface area contributed by atoms with E-state index in [0.717, 1.165) is 30.3 Å². The molecule has 1 atom stereocenters. The van der Waals surface area contributed by atoms with Gasteiger partial charge in [0.15, 0.2) is 0 Å². The summed E-state index contributed by atoms with van der Waals surface area (Å²) in [5.74, 6) is 0. The van der Waals surface area contributed by atoms with E-state index in [0.29, 0.717) is 12.6 Å². The Balaban J connectivity index is 1.75. The Morgan fingerprint density at radius 1 is 1.53 bits per heavy atom. The molecule has 6 heteroatoms. The fourth-order valence-corrected chi connectivity index (χ4v) is 3.21. The fraction of sp³-hybridized carbons (Fsp3) is 0.538.